The third kappa shape index (κ3) is 2.99. The highest BCUT2D eigenvalue weighted by atomic mass is 79.9. The Morgan fingerprint density at radius 1 is 1.25 bits per heavy atom. The quantitative estimate of drug-likeness (QED) is 0.815. The standard InChI is InChI=1S/C10H9BrN4S/c1-2-8-14-7(11)5-9(15-8)16-10-6-12-3-4-13-10/h3-6H,2H2,1H3. The maximum atomic E-state index is 4.40. The highest BCUT2D eigenvalue weighted by Gasteiger charge is 2.04. The summed E-state index contributed by atoms with van der Waals surface area (Å²) < 4.78 is 0.797. The van der Waals surface area contributed by atoms with Gasteiger partial charge in [0, 0.05) is 24.9 Å². The van der Waals surface area contributed by atoms with Crippen molar-refractivity contribution < 1.29 is 0 Å². The molecule has 16 heavy (non-hydrogen) atoms. The average Bonchev–Trinajstić information content (AvgIpc) is 2.29. The van der Waals surface area contributed by atoms with Crippen LogP contribution in [-0.4, -0.2) is 19.9 Å². The van der Waals surface area contributed by atoms with Crippen LogP contribution < -0.4 is 0 Å². The molecule has 2 heterocycles. The van der Waals surface area contributed by atoms with E-state index in [9.17, 15) is 0 Å². The SMILES string of the molecule is CCc1nc(Br)cc(Sc2cnccn2)n1. The van der Waals surface area contributed by atoms with Crippen LogP contribution in [0.1, 0.15) is 12.7 Å². The lowest BCUT2D eigenvalue weighted by atomic mass is 10.4. The van der Waals surface area contributed by atoms with Crippen LogP contribution in [0.5, 0.6) is 0 Å². The topological polar surface area (TPSA) is 51.6 Å². The average molecular weight is 297 g/mol. The van der Waals surface area contributed by atoms with Gasteiger partial charge in [0.05, 0.1) is 6.20 Å². The molecule has 0 saturated carbocycles. The summed E-state index contributed by atoms with van der Waals surface area (Å²) in [5.41, 5.74) is 0. The molecule has 0 aromatic carbocycles. The molecule has 0 aliphatic heterocycles. The van der Waals surface area contributed by atoms with Gasteiger partial charge in [-0.2, -0.15) is 0 Å². The molecule has 2 rings (SSSR count). The zero-order valence-corrected chi connectivity index (χ0v) is 11.0. The molecular formula is C10H9BrN4S. The molecule has 0 N–H and O–H groups in total. The van der Waals surface area contributed by atoms with Crippen LogP contribution in [0.3, 0.4) is 0 Å². The van der Waals surface area contributed by atoms with Gasteiger partial charge >= 0.3 is 0 Å². The normalized spacial score (nSPS) is 10.4. The van der Waals surface area contributed by atoms with E-state index in [4.69, 9.17) is 0 Å². The van der Waals surface area contributed by atoms with Crippen molar-refractivity contribution >= 4 is 27.7 Å². The molecule has 82 valence electrons. The Hall–Kier alpha value is -1.01. The van der Waals surface area contributed by atoms with Gasteiger partial charge in [-0.05, 0) is 27.7 Å². The van der Waals surface area contributed by atoms with Gasteiger partial charge in [-0.1, -0.05) is 6.92 Å². The molecule has 0 saturated heterocycles. The first kappa shape index (κ1) is 11.5. The van der Waals surface area contributed by atoms with E-state index in [1.54, 1.807) is 18.6 Å². The van der Waals surface area contributed by atoms with Gasteiger partial charge in [-0.15, -0.1) is 0 Å². The van der Waals surface area contributed by atoms with Gasteiger partial charge in [0.15, 0.2) is 0 Å². The summed E-state index contributed by atoms with van der Waals surface area (Å²) in [5.74, 6) is 0.820. The van der Waals surface area contributed by atoms with E-state index >= 15 is 0 Å². The Labute approximate surface area is 106 Å². The van der Waals surface area contributed by atoms with E-state index < -0.39 is 0 Å². The van der Waals surface area contributed by atoms with Crippen LogP contribution in [0.4, 0.5) is 0 Å². The first-order valence-corrected chi connectivity index (χ1v) is 6.36. The van der Waals surface area contributed by atoms with Crippen molar-refractivity contribution in [2.45, 2.75) is 23.4 Å². The summed E-state index contributed by atoms with van der Waals surface area (Å²) in [4.78, 5) is 16.8. The van der Waals surface area contributed by atoms with E-state index in [2.05, 4.69) is 35.9 Å². The van der Waals surface area contributed by atoms with Crippen molar-refractivity contribution in [3.05, 3.63) is 35.1 Å². The Morgan fingerprint density at radius 3 is 2.81 bits per heavy atom. The monoisotopic (exact) mass is 296 g/mol. The molecule has 0 spiro atoms. The van der Waals surface area contributed by atoms with Crippen LogP contribution in [0.25, 0.3) is 0 Å². The second-order valence-electron chi connectivity index (χ2n) is 2.94. The van der Waals surface area contributed by atoms with Gasteiger partial charge in [-0.25, -0.2) is 15.0 Å². The molecule has 0 bridgehead atoms. The molecule has 6 heteroatoms. The van der Waals surface area contributed by atoms with Gasteiger partial charge in [0.1, 0.15) is 20.5 Å². The number of hydrogen-bond donors (Lipinski definition) is 0. The van der Waals surface area contributed by atoms with Crippen LogP contribution in [0.2, 0.25) is 0 Å². The minimum absolute atomic E-state index is 0.797. The lowest BCUT2D eigenvalue weighted by Gasteiger charge is -2.02. The second-order valence-corrected chi connectivity index (χ2v) is 4.80. The largest absolute Gasteiger partial charge is 0.260 e. The van der Waals surface area contributed by atoms with E-state index in [-0.39, 0.29) is 0 Å². The summed E-state index contributed by atoms with van der Waals surface area (Å²) in [6.07, 6.45) is 5.84. The van der Waals surface area contributed by atoms with Crippen LogP contribution in [-0.2, 0) is 6.42 Å². The van der Waals surface area contributed by atoms with Gasteiger partial charge in [0.25, 0.3) is 0 Å². The third-order valence-electron chi connectivity index (χ3n) is 1.78. The molecule has 4 nitrogen and oxygen atoms in total. The molecule has 0 atom stereocenters. The fraction of sp³-hybridized carbons (Fsp3) is 0.200. The Bertz CT molecular complexity index is 478. The Balaban J connectivity index is 2.24. The first-order chi connectivity index (χ1) is 7.78. The summed E-state index contributed by atoms with van der Waals surface area (Å²) in [5, 5.41) is 1.70. The van der Waals surface area contributed by atoms with Gasteiger partial charge < -0.3 is 0 Å². The molecule has 0 amide bonds. The number of halogens is 1. The molecule has 0 radical (unpaired) electrons. The molecule has 0 aliphatic carbocycles. The molecule has 0 aliphatic rings. The summed E-state index contributed by atoms with van der Waals surface area (Å²) >= 11 is 4.84. The Morgan fingerprint density at radius 2 is 2.12 bits per heavy atom. The first-order valence-electron chi connectivity index (χ1n) is 4.75. The number of nitrogens with zero attached hydrogens (tertiary/aromatic N) is 4. The molecule has 2 aromatic rings. The predicted octanol–water partition coefficient (Wildman–Crippen LogP) is 2.74. The maximum Gasteiger partial charge on any atom is 0.130 e. The van der Waals surface area contributed by atoms with Gasteiger partial charge in [0.2, 0.25) is 0 Å². The van der Waals surface area contributed by atoms with Crippen molar-refractivity contribution in [1.82, 2.24) is 19.9 Å². The van der Waals surface area contributed by atoms with Crippen LogP contribution in [0.15, 0.2) is 39.3 Å². The van der Waals surface area contributed by atoms with Crippen molar-refractivity contribution in [2.75, 3.05) is 0 Å². The van der Waals surface area contributed by atoms with Crippen molar-refractivity contribution in [2.24, 2.45) is 0 Å². The fourth-order valence-corrected chi connectivity index (χ4v) is 2.43. The fourth-order valence-electron chi connectivity index (χ4n) is 1.10. The van der Waals surface area contributed by atoms with Gasteiger partial charge in [-0.3, -0.25) is 4.98 Å². The zero-order chi connectivity index (χ0) is 11.4. The number of rotatable bonds is 3. The minimum atomic E-state index is 0.797. The smallest absolute Gasteiger partial charge is 0.130 e. The maximum absolute atomic E-state index is 4.40. The van der Waals surface area contributed by atoms with Crippen molar-refractivity contribution in [1.29, 1.82) is 0 Å². The van der Waals surface area contributed by atoms with E-state index in [0.29, 0.717) is 0 Å². The van der Waals surface area contributed by atoms with Crippen LogP contribution >= 0.6 is 27.7 Å². The van der Waals surface area contributed by atoms with E-state index in [1.165, 1.54) is 11.8 Å². The number of hydrogen-bond acceptors (Lipinski definition) is 5. The second kappa shape index (κ2) is 5.36. The highest BCUT2D eigenvalue weighted by molar-refractivity contribution is 9.10. The zero-order valence-electron chi connectivity index (χ0n) is 8.59. The summed E-state index contributed by atoms with van der Waals surface area (Å²) in [6.45, 7) is 2.03. The lowest BCUT2D eigenvalue weighted by molar-refractivity contribution is 0.875. The summed E-state index contributed by atoms with van der Waals surface area (Å²) in [7, 11) is 0. The Kier molecular flexibility index (Phi) is 3.84. The molecule has 2 aromatic heterocycles. The molecular weight excluding hydrogens is 288 g/mol. The lowest BCUT2D eigenvalue weighted by Crippen LogP contribution is -1.95. The number of aromatic nitrogens is 4. The molecule has 0 fully saturated rings. The van der Waals surface area contributed by atoms with Crippen molar-refractivity contribution in [3.8, 4) is 0 Å². The summed E-state index contributed by atoms with van der Waals surface area (Å²) in [6, 6.07) is 1.87. The van der Waals surface area contributed by atoms with Crippen LogP contribution in [0, 0.1) is 0 Å². The van der Waals surface area contributed by atoms with Crippen molar-refractivity contribution in [3.63, 3.8) is 0 Å². The predicted molar refractivity (Wildman–Crippen MR) is 65.3 cm³/mol. The number of aryl methyl sites for hydroxylation is 1. The highest BCUT2D eigenvalue weighted by Crippen LogP contribution is 2.25. The third-order valence-corrected chi connectivity index (χ3v) is 3.03. The van der Waals surface area contributed by atoms with E-state index in [0.717, 1.165) is 26.9 Å². The molecule has 0 unspecified atom stereocenters. The van der Waals surface area contributed by atoms with E-state index in [1.807, 2.05) is 13.0 Å². The minimum Gasteiger partial charge on any atom is -0.260 e.